The molecule has 0 aliphatic heterocycles. The van der Waals surface area contributed by atoms with Gasteiger partial charge >= 0.3 is 0 Å². The number of hydrogen-bond donors (Lipinski definition) is 2. The summed E-state index contributed by atoms with van der Waals surface area (Å²) in [6.45, 7) is 4.66. The fourth-order valence-electron chi connectivity index (χ4n) is 2.26. The highest BCUT2D eigenvalue weighted by Gasteiger charge is 2.50. The fraction of sp³-hybridized carbons (Fsp3) is 0.500. The van der Waals surface area contributed by atoms with Crippen LogP contribution < -0.4 is 10.6 Å². The second-order valence-corrected chi connectivity index (χ2v) is 5.65. The molecule has 1 saturated carbocycles. The van der Waals surface area contributed by atoms with E-state index < -0.39 is 0 Å². The normalized spacial score (nSPS) is 15.8. The van der Waals surface area contributed by atoms with Gasteiger partial charge in [-0.05, 0) is 18.4 Å². The van der Waals surface area contributed by atoms with Gasteiger partial charge in [0.25, 0.3) is 0 Å². The number of carbonyl (C=O) groups is 2. The van der Waals surface area contributed by atoms with Crippen LogP contribution in [0.15, 0.2) is 30.3 Å². The van der Waals surface area contributed by atoms with Gasteiger partial charge in [-0.25, -0.2) is 0 Å². The summed E-state index contributed by atoms with van der Waals surface area (Å²) in [5.41, 5.74) is 0.757. The highest BCUT2D eigenvalue weighted by Crippen LogP contribution is 2.48. The number of amides is 2. The number of nitrogens with one attached hydrogen (secondary N) is 2. The minimum Gasteiger partial charge on any atom is -0.354 e. The maximum atomic E-state index is 12.3. The second kappa shape index (κ2) is 6.07. The predicted octanol–water partition coefficient (Wildman–Crippen LogP) is 1.61. The molecule has 0 heterocycles. The number of benzene rings is 1. The Morgan fingerprint density at radius 1 is 1.10 bits per heavy atom. The van der Waals surface area contributed by atoms with Crippen molar-refractivity contribution in [2.75, 3.05) is 13.1 Å². The molecule has 4 heteroatoms. The molecule has 1 aliphatic rings. The van der Waals surface area contributed by atoms with Crippen LogP contribution in [-0.2, 0) is 15.0 Å². The highest BCUT2D eigenvalue weighted by atomic mass is 16.2. The molecule has 108 valence electrons. The van der Waals surface area contributed by atoms with Crippen molar-refractivity contribution in [2.24, 2.45) is 5.92 Å². The molecule has 1 aliphatic carbocycles. The first-order valence-electron chi connectivity index (χ1n) is 7.18. The molecule has 1 aromatic rings. The maximum absolute atomic E-state index is 12.3. The highest BCUT2D eigenvalue weighted by molar-refractivity contribution is 5.91. The Morgan fingerprint density at radius 3 is 2.25 bits per heavy atom. The number of carbonyl (C=O) groups excluding carboxylic acids is 2. The van der Waals surface area contributed by atoms with Crippen molar-refractivity contribution in [2.45, 2.75) is 32.1 Å². The van der Waals surface area contributed by atoms with E-state index in [0.29, 0.717) is 13.1 Å². The Kier molecular flexibility index (Phi) is 4.42. The average Bonchev–Trinajstić information content (AvgIpc) is 3.25. The zero-order chi connectivity index (χ0) is 14.6. The molecule has 2 rings (SSSR count). The van der Waals surface area contributed by atoms with E-state index in [9.17, 15) is 9.59 Å². The van der Waals surface area contributed by atoms with Crippen LogP contribution in [0.1, 0.15) is 32.3 Å². The third kappa shape index (κ3) is 3.18. The predicted molar refractivity (Wildman–Crippen MR) is 78.2 cm³/mol. The van der Waals surface area contributed by atoms with Gasteiger partial charge in [0.15, 0.2) is 0 Å². The van der Waals surface area contributed by atoms with E-state index in [0.717, 1.165) is 18.4 Å². The van der Waals surface area contributed by atoms with Crippen LogP contribution in [-0.4, -0.2) is 24.9 Å². The van der Waals surface area contributed by atoms with Crippen molar-refractivity contribution >= 4 is 11.8 Å². The Bertz CT molecular complexity index is 479. The monoisotopic (exact) mass is 274 g/mol. The lowest BCUT2D eigenvalue weighted by Crippen LogP contribution is -2.40. The summed E-state index contributed by atoms with van der Waals surface area (Å²) in [5.74, 6) is 0.0655. The van der Waals surface area contributed by atoms with Gasteiger partial charge in [-0.1, -0.05) is 44.2 Å². The van der Waals surface area contributed by atoms with Crippen LogP contribution in [0.2, 0.25) is 0 Å². The molecule has 1 aromatic carbocycles. The summed E-state index contributed by atoms with van der Waals surface area (Å²) in [6, 6.07) is 9.90. The lowest BCUT2D eigenvalue weighted by molar-refractivity contribution is -0.125. The molecule has 2 N–H and O–H groups in total. The van der Waals surface area contributed by atoms with E-state index in [-0.39, 0.29) is 23.1 Å². The van der Waals surface area contributed by atoms with Crippen molar-refractivity contribution < 1.29 is 9.59 Å². The van der Waals surface area contributed by atoms with Gasteiger partial charge in [0.05, 0.1) is 5.41 Å². The summed E-state index contributed by atoms with van der Waals surface area (Å²) in [4.78, 5) is 23.7. The molecule has 0 spiro atoms. The van der Waals surface area contributed by atoms with Gasteiger partial charge in [0, 0.05) is 19.0 Å². The summed E-state index contributed by atoms with van der Waals surface area (Å²) < 4.78 is 0. The van der Waals surface area contributed by atoms with Gasteiger partial charge in [-0.3, -0.25) is 9.59 Å². The first-order chi connectivity index (χ1) is 9.56. The molecular weight excluding hydrogens is 252 g/mol. The number of rotatable bonds is 6. The summed E-state index contributed by atoms with van der Waals surface area (Å²) in [6.07, 6.45) is 1.81. The van der Waals surface area contributed by atoms with Crippen molar-refractivity contribution in [3.63, 3.8) is 0 Å². The van der Waals surface area contributed by atoms with Crippen molar-refractivity contribution in [3.8, 4) is 0 Å². The lowest BCUT2D eigenvalue weighted by atomic mass is 9.95. The Balaban J connectivity index is 1.80. The Morgan fingerprint density at radius 2 is 1.70 bits per heavy atom. The van der Waals surface area contributed by atoms with Crippen LogP contribution in [0.4, 0.5) is 0 Å². The van der Waals surface area contributed by atoms with E-state index in [1.165, 1.54) is 0 Å². The molecule has 0 radical (unpaired) electrons. The molecule has 0 unspecified atom stereocenters. The third-order valence-electron chi connectivity index (χ3n) is 3.75. The molecule has 2 amide bonds. The molecule has 20 heavy (non-hydrogen) atoms. The summed E-state index contributed by atoms with van der Waals surface area (Å²) in [5, 5.41) is 5.72. The SMILES string of the molecule is CC(C)C(=O)NCCNC(=O)C1(c2ccccc2)CC1. The van der Waals surface area contributed by atoms with Crippen LogP contribution in [0, 0.1) is 5.92 Å². The van der Waals surface area contributed by atoms with Gasteiger partial charge in [0.1, 0.15) is 0 Å². The van der Waals surface area contributed by atoms with Crippen molar-refractivity contribution in [1.29, 1.82) is 0 Å². The molecule has 1 fully saturated rings. The minimum absolute atomic E-state index is 0.0171. The van der Waals surface area contributed by atoms with E-state index in [2.05, 4.69) is 10.6 Å². The van der Waals surface area contributed by atoms with Crippen molar-refractivity contribution in [3.05, 3.63) is 35.9 Å². The van der Waals surface area contributed by atoms with E-state index in [4.69, 9.17) is 0 Å². The fourth-order valence-corrected chi connectivity index (χ4v) is 2.26. The van der Waals surface area contributed by atoms with Gasteiger partial charge in [0.2, 0.25) is 11.8 Å². The van der Waals surface area contributed by atoms with E-state index in [1.54, 1.807) is 0 Å². The van der Waals surface area contributed by atoms with Gasteiger partial charge in [-0.15, -0.1) is 0 Å². The smallest absolute Gasteiger partial charge is 0.230 e. The summed E-state index contributed by atoms with van der Waals surface area (Å²) in [7, 11) is 0. The molecule has 4 nitrogen and oxygen atoms in total. The van der Waals surface area contributed by atoms with E-state index >= 15 is 0 Å². The molecule has 0 aromatic heterocycles. The quantitative estimate of drug-likeness (QED) is 0.774. The third-order valence-corrected chi connectivity index (χ3v) is 3.75. The molecule has 0 bridgehead atoms. The number of hydrogen-bond acceptors (Lipinski definition) is 2. The maximum Gasteiger partial charge on any atom is 0.230 e. The Labute approximate surface area is 119 Å². The van der Waals surface area contributed by atoms with Gasteiger partial charge < -0.3 is 10.6 Å². The van der Waals surface area contributed by atoms with Crippen LogP contribution >= 0.6 is 0 Å². The van der Waals surface area contributed by atoms with Crippen molar-refractivity contribution in [1.82, 2.24) is 10.6 Å². The largest absolute Gasteiger partial charge is 0.354 e. The van der Waals surface area contributed by atoms with Crippen LogP contribution in [0.25, 0.3) is 0 Å². The Hall–Kier alpha value is -1.84. The molecular formula is C16H22N2O2. The summed E-state index contributed by atoms with van der Waals surface area (Å²) >= 11 is 0. The lowest BCUT2D eigenvalue weighted by Gasteiger charge is -2.16. The topological polar surface area (TPSA) is 58.2 Å². The minimum atomic E-state index is -0.330. The zero-order valence-electron chi connectivity index (χ0n) is 12.1. The molecule has 0 saturated heterocycles. The molecule has 0 atom stereocenters. The van der Waals surface area contributed by atoms with Crippen LogP contribution in [0.3, 0.4) is 0 Å². The first kappa shape index (κ1) is 14.6. The second-order valence-electron chi connectivity index (χ2n) is 5.65. The standard InChI is InChI=1S/C16H22N2O2/c1-12(2)14(19)17-10-11-18-15(20)16(8-9-16)13-6-4-3-5-7-13/h3-7,12H,8-11H2,1-2H3,(H,17,19)(H,18,20). The first-order valence-corrected chi connectivity index (χ1v) is 7.18. The van der Waals surface area contributed by atoms with Crippen LogP contribution in [0.5, 0.6) is 0 Å². The van der Waals surface area contributed by atoms with Gasteiger partial charge in [-0.2, -0.15) is 0 Å². The average molecular weight is 274 g/mol. The van der Waals surface area contributed by atoms with E-state index in [1.807, 2.05) is 44.2 Å². The zero-order valence-corrected chi connectivity index (χ0v) is 12.1.